The molecule has 0 saturated heterocycles. The second-order valence-electron chi connectivity index (χ2n) is 8.22. The molecular weight excluding hydrogens is 498 g/mol. The Morgan fingerprint density at radius 2 is 1.73 bits per heavy atom. The molecule has 0 bridgehead atoms. The average molecular weight is 522 g/mol. The topological polar surface area (TPSA) is 133 Å². The number of nitrogens with two attached hydrogens (primary N) is 1. The normalized spacial score (nSPS) is 10.8. The van der Waals surface area contributed by atoms with E-state index in [0.717, 1.165) is 0 Å². The zero-order valence-electron chi connectivity index (χ0n) is 20.3. The van der Waals surface area contributed by atoms with Crippen LogP contribution in [0.3, 0.4) is 0 Å². The fourth-order valence-corrected chi connectivity index (χ4v) is 4.36. The summed E-state index contributed by atoms with van der Waals surface area (Å²) < 4.78 is 12.0. The van der Waals surface area contributed by atoms with Gasteiger partial charge >= 0.3 is 0 Å². The van der Waals surface area contributed by atoms with Gasteiger partial charge in [-0.3, -0.25) is 19.0 Å². The molecule has 0 aliphatic rings. The van der Waals surface area contributed by atoms with E-state index in [-0.39, 0.29) is 29.3 Å². The lowest BCUT2D eigenvalue weighted by Crippen LogP contribution is -2.18. The highest BCUT2D eigenvalue weighted by molar-refractivity contribution is 6.30. The summed E-state index contributed by atoms with van der Waals surface area (Å²) in [6.07, 6.45) is -0.131. The molecule has 37 heavy (non-hydrogen) atoms. The molecule has 10 heteroatoms. The van der Waals surface area contributed by atoms with E-state index in [1.165, 1.54) is 30.9 Å². The van der Waals surface area contributed by atoms with Crippen LogP contribution >= 0.6 is 11.6 Å². The Morgan fingerprint density at radius 1 is 1.03 bits per heavy atom. The summed E-state index contributed by atoms with van der Waals surface area (Å²) in [5, 5.41) is 14.3. The highest BCUT2D eigenvalue weighted by atomic mass is 35.5. The molecule has 0 radical (unpaired) electrons. The van der Waals surface area contributed by atoms with E-state index in [4.69, 9.17) is 26.8 Å². The molecule has 0 saturated carbocycles. The molecule has 0 atom stereocenters. The lowest BCUT2D eigenvalue weighted by Gasteiger charge is -2.13. The van der Waals surface area contributed by atoms with Gasteiger partial charge in [0.1, 0.15) is 17.1 Å². The highest BCUT2D eigenvalue weighted by Crippen LogP contribution is 2.35. The third-order valence-electron chi connectivity index (χ3n) is 6.05. The number of ether oxygens (including phenoxy) is 2. The number of halogens is 1. The summed E-state index contributed by atoms with van der Waals surface area (Å²) in [6.45, 7) is 1.75. The van der Waals surface area contributed by atoms with Crippen molar-refractivity contribution in [1.82, 2.24) is 4.57 Å². The molecular formula is C27H24ClN3O6. The zero-order valence-corrected chi connectivity index (χ0v) is 21.1. The van der Waals surface area contributed by atoms with Crippen molar-refractivity contribution in [2.75, 3.05) is 19.5 Å². The maximum Gasteiger partial charge on any atom is 0.262 e. The number of rotatable bonds is 7. The molecule has 3 aromatic carbocycles. The number of nitrogens with zero attached hydrogens (tertiary/aromatic N) is 1. The first-order valence-electron chi connectivity index (χ1n) is 11.1. The number of fused-ring (bicyclic) bond motifs is 1. The van der Waals surface area contributed by atoms with E-state index in [9.17, 15) is 19.5 Å². The quantitative estimate of drug-likeness (QED) is 0.311. The first kappa shape index (κ1) is 25.6. The van der Waals surface area contributed by atoms with Crippen LogP contribution in [0.2, 0.25) is 5.02 Å². The third kappa shape index (κ3) is 4.81. The largest absolute Gasteiger partial charge is 0.505 e. The number of hydrogen-bond acceptors (Lipinski definition) is 6. The number of aromatic hydroxyl groups is 1. The number of hydrogen-bond donors (Lipinski definition) is 3. The summed E-state index contributed by atoms with van der Waals surface area (Å²) in [6, 6.07) is 14.6. The van der Waals surface area contributed by atoms with Gasteiger partial charge in [-0.2, -0.15) is 0 Å². The molecule has 0 spiro atoms. The van der Waals surface area contributed by atoms with Crippen molar-refractivity contribution < 1.29 is 29.0 Å². The predicted molar refractivity (Wildman–Crippen MR) is 140 cm³/mol. The molecule has 4 rings (SSSR count). The number of carbonyl (C=O) groups is 3. The van der Waals surface area contributed by atoms with Crippen LogP contribution in [0.15, 0.2) is 54.6 Å². The van der Waals surface area contributed by atoms with Gasteiger partial charge in [0.2, 0.25) is 5.91 Å². The molecule has 4 aromatic rings. The SMILES string of the molecule is COc1ccc2c(c1)c(CC(=O)Nc1ccc(OC)c(C(N)=O)c1O)c(C)n2C(=O)c1ccc(Cl)cc1. The third-order valence-corrected chi connectivity index (χ3v) is 6.31. The van der Waals surface area contributed by atoms with Gasteiger partial charge in [0.05, 0.1) is 31.8 Å². The summed E-state index contributed by atoms with van der Waals surface area (Å²) in [5.74, 6) is -1.54. The van der Waals surface area contributed by atoms with Crippen LogP contribution in [-0.2, 0) is 11.2 Å². The van der Waals surface area contributed by atoms with Crippen LogP contribution in [0.4, 0.5) is 5.69 Å². The predicted octanol–water partition coefficient (Wildman–Crippen LogP) is 4.29. The Labute approximate surface area is 217 Å². The molecule has 1 heterocycles. The minimum absolute atomic E-state index is 0.00388. The molecule has 0 aliphatic carbocycles. The van der Waals surface area contributed by atoms with Gasteiger partial charge in [0.25, 0.3) is 11.8 Å². The van der Waals surface area contributed by atoms with Crippen molar-refractivity contribution in [3.05, 3.63) is 82.0 Å². The number of carbonyl (C=O) groups excluding carboxylic acids is 3. The van der Waals surface area contributed by atoms with E-state index in [1.807, 2.05) is 0 Å². The van der Waals surface area contributed by atoms with Gasteiger partial charge in [0.15, 0.2) is 5.75 Å². The number of phenols is 1. The summed E-state index contributed by atoms with van der Waals surface area (Å²) in [4.78, 5) is 38.3. The Balaban J connectivity index is 1.74. The van der Waals surface area contributed by atoms with Crippen molar-refractivity contribution in [1.29, 1.82) is 0 Å². The van der Waals surface area contributed by atoms with Crippen molar-refractivity contribution in [3.63, 3.8) is 0 Å². The second-order valence-corrected chi connectivity index (χ2v) is 8.66. The van der Waals surface area contributed by atoms with Crippen LogP contribution in [0, 0.1) is 6.92 Å². The molecule has 190 valence electrons. The minimum Gasteiger partial charge on any atom is -0.505 e. The first-order valence-corrected chi connectivity index (χ1v) is 11.5. The number of primary amides is 1. The number of aromatic nitrogens is 1. The van der Waals surface area contributed by atoms with Gasteiger partial charge < -0.3 is 25.6 Å². The van der Waals surface area contributed by atoms with Crippen LogP contribution in [0.5, 0.6) is 17.2 Å². The lowest BCUT2D eigenvalue weighted by atomic mass is 10.1. The van der Waals surface area contributed by atoms with Crippen molar-refractivity contribution >= 4 is 45.9 Å². The summed E-state index contributed by atoms with van der Waals surface area (Å²) >= 11 is 5.98. The van der Waals surface area contributed by atoms with Crippen LogP contribution in [0.1, 0.15) is 32.0 Å². The van der Waals surface area contributed by atoms with Crippen LogP contribution in [-0.4, -0.2) is 41.6 Å². The van der Waals surface area contributed by atoms with Crippen molar-refractivity contribution in [2.45, 2.75) is 13.3 Å². The van der Waals surface area contributed by atoms with E-state index in [1.54, 1.807) is 49.4 Å². The van der Waals surface area contributed by atoms with Crippen LogP contribution < -0.4 is 20.5 Å². The van der Waals surface area contributed by atoms with Gasteiger partial charge in [-0.15, -0.1) is 0 Å². The molecule has 9 nitrogen and oxygen atoms in total. The van der Waals surface area contributed by atoms with E-state index >= 15 is 0 Å². The van der Waals surface area contributed by atoms with E-state index < -0.39 is 17.6 Å². The Bertz CT molecular complexity index is 1540. The zero-order chi connectivity index (χ0) is 26.9. The maximum atomic E-state index is 13.4. The highest BCUT2D eigenvalue weighted by Gasteiger charge is 2.24. The Morgan fingerprint density at radius 3 is 2.35 bits per heavy atom. The van der Waals surface area contributed by atoms with Gasteiger partial charge in [-0.1, -0.05) is 11.6 Å². The van der Waals surface area contributed by atoms with E-state index in [0.29, 0.717) is 38.5 Å². The monoisotopic (exact) mass is 521 g/mol. The summed E-state index contributed by atoms with van der Waals surface area (Å²) in [7, 11) is 2.86. The number of methoxy groups -OCH3 is 2. The van der Waals surface area contributed by atoms with E-state index in [2.05, 4.69) is 5.32 Å². The van der Waals surface area contributed by atoms with Gasteiger partial charge in [-0.25, -0.2) is 0 Å². The second kappa shape index (κ2) is 10.2. The molecule has 0 fully saturated rings. The maximum absolute atomic E-state index is 13.4. The molecule has 2 amide bonds. The fourth-order valence-electron chi connectivity index (χ4n) is 4.23. The van der Waals surface area contributed by atoms with Crippen molar-refractivity contribution in [3.8, 4) is 17.2 Å². The smallest absolute Gasteiger partial charge is 0.262 e. The molecule has 1 aromatic heterocycles. The fraction of sp³-hybridized carbons (Fsp3) is 0.148. The number of amides is 2. The van der Waals surface area contributed by atoms with Gasteiger partial charge in [0, 0.05) is 21.7 Å². The van der Waals surface area contributed by atoms with Gasteiger partial charge in [-0.05, 0) is 67.1 Å². The average Bonchev–Trinajstić information content (AvgIpc) is 3.14. The van der Waals surface area contributed by atoms with Crippen LogP contribution in [0.25, 0.3) is 10.9 Å². The van der Waals surface area contributed by atoms with Crippen molar-refractivity contribution in [2.24, 2.45) is 5.73 Å². The molecule has 0 aliphatic heterocycles. The first-order chi connectivity index (χ1) is 17.7. The Kier molecular flexibility index (Phi) is 7.08. The lowest BCUT2D eigenvalue weighted by molar-refractivity contribution is -0.115. The number of benzene rings is 3. The number of nitrogens with one attached hydrogen (secondary N) is 1. The number of anilines is 1. The molecule has 4 N–H and O–H groups in total. The molecule has 0 unspecified atom stereocenters. The summed E-state index contributed by atoms with van der Waals surface area (Å²) in [5.41, 5.74) is 7.31. The minimum atomic E-state index is -0.905. The standard InChI is InChI=1S/C27H24ClN3O6/c1-14-18(13-23(32)30-20-9-11-22(37-3)24(25(20)33)26(29)34)19-12-17(36-2)8-10-21(19)31(14)27(35)15-4-6-16(28)7-5-15/h4-12,33H,13H2,1-3H3,(H2,29,34)(H,30,32). The Hall–Kier alpha value is -4.50.